The van der Waals surface area contributed by atoms with Crippen LogP contribution in [0.3, 0.4) is 0 Å². The fourth-order valence-electron chi connectivity index (χ4n) is 0.999. The van der Waals surface area contributed by atoms with Crippen LogP contribution in [0.2, 0.25) is 0 Å². The van der Waals surface area contributed by atoms with Crippen LogP contribution in [0.1, 0.15) is 18.6 Å². The highest BCUT2D eigenvalue weighted by atomic mass is 19.2. The van der Waals surface area contributed by atoms with E-state index >= 15 is 0 Å². The molecule has 0 aliphatic rings. The lowest BCUT2D eigenvalue weighted by molar-refractivity contribution is 0.0983. The molecule has 2 atom stereocenters. The first kappa shape index (κ1) is 9.16. The maximum absolute atomic E-state index is 11.9. The quantitative estimate of drug-likeness (QED) is 0.673. The monoisotopic (exact) mass is 169 g/mol. The molecule has 1 aromatic carbocycles. The van der Waals surface area contributed by atoms with Crippen LogP contribution in [-0.2, 0) is 0 Å². The van der Waals surface area contributed by atoms with Gasteiger partial charge in [-0.2, -0.15) is 5.54 Å². The summed E-state index contributed by atoms with van der Waals surface area (Å²) in [6.45, 7) is 1.58. The van der Waals surface area contributed by atoms with Crippen molar-refractivity contribution >= 4 is 0 Å². The highest BCUT2D eigenvalue weighted by Gasteiger charge is 2.14. The molecule has 0 aliphatic heterocycles. The van der Waals surface area contributed by atoms with Crippen molar-refractivity contribution in [1.29, 1.82) is 0 Å². The molecule has 0 saturated carbocycles. The lowest BCUT2D eigenvalue weighted by atomic mass is 10.0. The Morgan fingerprint density at radius 1 is 1.33 bits per heavy atom. The van der Waals surface area contributed by atoms with Gasteiger partial charge in [-0.3, -0.25) is 0 Å². The second kappa shape index (κ2) is 4.18. The number of aliphatic hydroxyl groups excluding tert-OH is 1. The predicted octanol–water partition coefficient (Wildman–Crippen LogP) is 1.58. The van der Waals surface area contributed by atoms with E-state index in [9.17, 15) is 9.59 Å². The molecule has 0 heterocycles. The normalized spacial score (nSPS) is 15.6. The molecule has 0 bridgehead atoms. The van der Waals surface area contributed by atoms with Crippen molar-refractivity contribution in [2.75, 3.05) is 0 Å². The number of nitrogens with one attached hydrogen (secondary N) is 1. The van der Waals surface area contributed by atoms with Gasteiger partial charge >= 0.3 is 0 Å². The summed E-state index contributed by atoms with van der Waals surface area (Å²) < 4.78 is 11.9. The van der Waals surface area contributed by atoms with E-state index in [0.717, 1.165) is 5.56 Å². The van der Waals surface area contributed by atoms with Gasteiger partial charge in [0.15, 0.2) is 0 Å². The minimum Gasteiger partial charge on any atom is -0.387 e. The molecule has 0 radical (unpaired) electrons. The molecule has 0 unspecified atom stereocenters. The molecule has 2 N–H and O–H groups in total. The van der Waals surface area contributed by atoms with Crippen LogP contribution in [-0.4, -0.2) is 11.1 Å². The van der Waals surface area contributed by atoms with E-state index < -0.39 is 12.1 Å². The molecule has 0 aromatic heterocycles. The molecule has 1 aromatic rings. The third kappa shape index (κ3) is 2.03. The number of aliphatic hydroxyl groups is 1. The highest BCUT2D eigenvalue weighted by molar-refractivity contribution is 5.18. The second-order valence-corrected chi connectivity index (χ2v) is 2.75. The predicted molar refractivity (Wildman–Crippen MR) is 45.1 cm³/mol. The fraction of sp³-hybridized carbons (Fsp3) is 0.333. The average molecular weight is 169 g/mol. The van der Waals surface area contributed by atoms with Gasteiger partial charge in [-0.25, -0.2) is 0 Å². The SMILES string of the molecule is C[C@@H](NF)[C@@H](O)c1ccccc1. The molecule has 2 nitrogen and oxygen atoms in total. The van der Waals surface area contributed by atoms with Crippen molar-refractivity contribution in [3.63, 3.8) is 0 Å². The first-order chi connectivity index (χ1) is 5.75. The van der Waals surface area contributed by atoms with E-state index in [1.54, 1.807) is 19.1 Å². The van der Waals surface area contributed by atoms with Crippen LogP contribution in [0.25, 0.3) is 0 Å². The Balaban J connectivity index is 2.71. The van der Waals surface area contributed by atoms with Gasteiger partial charge in [0, 0.05) is 0 Å². The molecular weight excluding hydrogens is 157 g/mol. The van der Waals surface area contributed by atoms with Crippen molar-refractivity contribution in [3.8, 4) is 0 Å². The van der Waals surface area contributed by atoms with Crippen molar-refractivity contribution in [2.24, 2.45) is 0 Å². The van der Waals surface area contributed by atoms with Crippen LogP contribution in [0.4, 0.5) is 4.48 Å². The van der Waals surface area contributed by atoms with Gasteiger partial charge in [0.25, 0.3) is 0 Å². The summed E-state index contributed by atoms with van der Waals surface area (Å²) in [5.74, 6) is 0. The summed E-state index contributed by atoms with van der Waals surface area (Å²) in [4.78, 5) is 0. The van der Waals surface area contributed by atoms with Gasteiger partial charge in [-0.15, -0.1) is 4.48 Å². The van der Waals surface area contributed by atoms with E-state index in [0.29, 0.717) is 0 Å². The Morgan fingerprint density at radius 2 is 1.92 bits per heavy atom. The summed E-state index contributed by atoms with van der Waals surface area (Å²) in [6.07, 6.45) is -0.795. The third-order valence-electron chi connectivity index (χ3n) is 1.79. The minimum atomic E-state index is -0.795. The molecule has 0 amide bonds. The first-order valence-electron chi connectivity index (χ1n) is 3.85. The summed E-state index contributed by atoms with van der Waals surface area (Å²) in [5.41, 5.74) is 2.23. The summed E-state index contributed by atoms with van der Waals surface area (Å²) in [7, 11) is 0. The van der Waals surface area contributed by atoms with Crippen LogP contribution in [0.5, 0.6) is 0 Å². The zero-order chi connectivity index (χ0) is 8.97. The molecule has 0 fully saturated rings. The van der Waals surface area contributed by atoms with Gasteiger partial charge in [0.05, 0.1) is 12.1 Å². The van der Waals surface area contributed by atoms with Gasteiger partial charge in [0.2, 0.25) is 0 Å². The number of benzene rings is 1. The molecule has 0 saturated heterocycles. The fourth-order valence-corrected chi connectivity index (χ4v) is 0.999. The van der Waals surface area contributed by atoms with Crippen LogP contribution < -0.4 is 5.54 Å². The molecular formula is C9H12FNO. The van der Waals surface area contributed by atoms with E-state index in [2.05, 4.69) is 0 Å². The summed E-state index contributed by atoms with van der Waals surface area (Å²) >= 11 is 0. The molecule has 66 valence electrons. The average Bonchev–Trinajstić information content (AvgIpc) is 2.17. The smallest absolute Gasteiger partial charge is 0.0965 e. The van der Waals surface area contributed by atoms with Crippen LogP contribution in [0.15, 0.2) is 30.3 Å². The van der Waals surface area contributed by atoms with Crippen molar-refractivity contribution in [3.05, 3.63) is 35.9 Å². The molecule has 3 heteroatoms. The Labute approximate surface area is 71.0 Å². The number of hydrogen-bond acceptors (Lipinski definition) is 2. The Kier molecular flexibility index (Phi) is 3.19. The van der Waals surface area contributed by atoms with Crippen LogP contribution in [0, 0.1) is 0 Å². The van der Waals surface area contributed by atoms with Crippen LogP contribution >= 0.6 is 0 Å². The molecule has 0 aliphatic carbocycles. The lowest BCUT2D eigenvalue weighted by Gasteiger charge is -2.15. The minimum absolute atomic E-state index is 0.576. The number of rotatable bonds is 3. The van der Waals surface area contributed by atoms with E-state index in [-0.39, 0.29) is 0 Å². The molecule has 1 rings (SSSR count). The Bertz CT molecular complexity index is 227. The zero-order valence-electron chi connectivity index (χ0n) is 6.87. The number of hydrogen-bond donors (Lipinski definition) is 2. The maximum atomic E-state index is 11.9. The Morgan fingerprint density at radius 3 is 2.42 bits per heavy atom. The third-order valence-corrected chi connectivity index (χ3v) is 1.79. The molecule has 0 spiro atoms. The topological polar surface area (TPSA) is 32.3 Å². The summed E-state index contributed by atoms with van der Waals surface area (Å²) in [5, 5.41) is 9.49. The van der Waals surface area contributed by atoms with Crippen molar-refractivity contribution in [1.82, 2.24) is 5.54 Å². The maximum Gasteiger partial charge on any atom is 0.0965 e. The second-order valence-electron chi connectivity index (χ2n) is 2.75. The van der Waals surface area contributed by atoms with Gasteiger partial charge in [-0.1, -0.05) is 30.3 Å². The standard InChI is InChI=1S/C9H12FNO/c1-7(11-10)9(12)8-5-3-2-4-6-8/h2-7,9,11-12H,1H3/t7-,9-/m1/s1. The van der Waals surface area contributed by atoms with Crippen molar-refractivity contribution < 1.29 is 9.59 Å². The first-order valence-corrected chi connectivity index (χ1v) is 3.85. The lowest BCUT2D eigenvalue weighted by Crippen LogP contribution is -2.25. The Hall–Kier alpha value is -0.930. The van der Waals surface area contributed by atoms with E-state index in [4.69, 9.17) is 0 Å². The highest BCUT2D eigenvalue weighted by Crippen LogP contribution is 2.15. The van der Waals surface area contributed by atoms with Crippen molar-refractivity contribution in [2.45, 2.75) is 19.1 Å². The van der Waals surface area contributed by atoms with E-state index in [1.807, 2.05) is 18.2 Å². The van der Waals surface area contributed by atoms with Gasteiger partial charge < -0.3 is 5.11 Å². The summed E-state index contributed by atoms with van der Waals surface area (Å²) in [6, 6.07) is 8.42. The molecule has 12 heavy (non-hydrogen) atoms. The van der Waals surface area contributed by atoms with E-state index in [1.165, 1.54) is 5.54 Å². The van der Waals surface area contributed by atoms with Gasteiger partial charge in [0.1, 0.15) is 0 Å². The largest absolute Gasteiger partial charge is 0.387 e. The van der Waals surface area contributed by atoms with Gasteiger partial charge in [-0.05, 0) is 12.5 Å². The zero-order valence-corrected chi connectivity index (χ0v) is 6.87. The number of halogens is 1.